The van der Waals surface area contributed by atoms with Crippen LogP contribution in [0.2, 0.25) is 5.02 Å². The minimum Gasteiger partial charge on any atom is -0.490 e. The number of ether oxygens (including phenoxy) is 2. The van der Waals surface area contributed by atoms with E-state index in [2.05, 4.69) is 5.32 Å². The zero-order chi connectivity index (χ0) is 22.5. The second-order valence-electron chi connectivity index (χ2n) is 6.42. The van der Waals surface area contributed by atoms with Crippen LogP contribution in [0.5, 0.6) is 11.5 Å². The van der Waals surface area contributed by atoms with Gasteiger partial charge in [0.15, 0.2) is 18.1 Å². The van der Waals surface area contributed by atoms with E-state index in [-0.39, 0.29) is 40.9 Å². The molecule has 2 aromatic carbocycles. The quantitative estimate of drug-likeness (QED) is 0.473. The van der Waals surface area contributed by atoms with E-state index in [0.717, 1.165) is 4.90 Å². The molecule has 1 saturated heterocycles. The normalized spacial score (nSPS) is 14.7. The molecule has 31 heavy (non-hydrogen) atoms. The smallest absolute Gasteiger partial charge is 0.341 e. The van der Waals surface area contributed by atoms with Gasteiger partial charge in [-0.2, -0.15) is 0 Å². The average molecular weight is 449 g/mol. The monoisotopic (exact) mass is 448 g/mol. The maximum Gasteiger partial charge on any atom is 0.341 e. The highest BCUT2D eigenvalue weighted by molar-refractivity contribution is 6.32. The molecule has 0 unspecified atom stereocenters. The van der Waals surface area contributed by atoms with Gasteiger partial charge in [-0.05, 0) is 36.8 Å². The Balaban J connectivity index is 1.87. The Bertz CT molecular complexity index is 1070. The van der Waals surface area contributed by atoms with Gasteiger partial charge in [-0.3, -0.25) is 9.69 Å². The van der Waals surface area contributed by atoms with Gasteiger partial charge in [0.2, 0.25) is 0 Å². The van der Waals surface area contributed by atoms with Gasteiger partial charge in [0.25, 0.3) is 5.91 Å². The van der Waals surface area contributed by atoms with Gasteiger partial charge >= 0.3 is 12.0 Å². The SMILES string of the molecule is CCOc1cc(/C=C2/NC(=O)N(Cc3ccccc3F)C2=O)cc(Cl)c1OCC(=O)O. The predicted octanol–water partition coefficient (Wildman–Crippen LogP) is 3.43. The van der Waals surface area contributed by atoms with Crippen molar-refractivity contribution in [1.82, 2.24) is 10.2 Å². The molecule has 1 heterocycles. The van der Waals surface area contributed by atoms with E-state index in [1.807, 2.05) is 0 Å². The zero-order valence-electron chi connectivity index (χ0n) is 16.4. The zero-order valence-corrected chi connectivity index (χ0v) is 17.1. The van der Waals surface area contributed by atoms with Crippen molar-refractivity contribution in [2.75, 3.05) is 13.2 Å². The minimum atomic E-state index is -1.18. The number of benzene rings is 2. The van der Waals surface area contributed by atoms with Crippen LogP contribution in [-0.2, 0) is 16.1 Å². The number of carboxylic acids is 1. The van der Waals surface area contributed by atoms with Gasteiger partial charge in [-0.25, -0.2) is 14.0 Å². The molecule has 1 fully saturated rings. The molecule has 10 heteroatoms. The molecule has 0 atom stereocenters. The van der Waals surface area contributed by atoms with Gasteiger partial charge in [-0.1, -0.05) is 29.8 Å². The largest absolute Gasteiger partial charge is 0.490 e. The molecule has 0 aromatic heterocycles. The molecule has 0 radical (unpaired) electrons. The Hall–Kier alpha value is -3.59. The number of hydrogen-bond donors (Lipinski definition) is 2. The molecule has 3 rings (SSSR count). The number of carbonyl (C=O) groups is 3. The van der Waals surface area contributed by atoms with Crippen molar-refractivity contribution in [3.63, 3.8) is 0 Å². The molecule has 1 aliphatic rings. The van der Waals surface area contributed by atoms with E-state index in [1.54, 1.807) is 13.0 Å². The third kappa shape index (κ3) is 5.13. The molecule has 0 spiro atoms. The molecular weight excluding hydrogens is 431 g/mol. The number of amides is 3. The summed E-state index contributed by atoms with van der Waals surface area (Å²) in [6, 6.07) is 8.11. The Morgan fingerprint density at radius 3 is 2.68 bits per heavy atom. The molecule has 0 aliphatic carbocycles. The van der Waals surface area contributed by atoms with Crippen LogP contribution in [0.15, 0.2) is 42.1 Å². The third-order valence-electron chi connectivity index (χ3n) is 4.23. The number of imide groups is 1. The van der Waals surface area contributed by atoms with E-state index in [9.17, 15) is 18.8 Å². The molecule has 162 valence electrons. The lowest BCUT2D eigenvalue weighted by molar-refractivity contribution is -0.139. The average Bonchev–Trinajstić information content (AvgIpc) is 2.96. The minimum absolute atomic E-state index is 0.0286. The van der Waals surface area contributed by atoms with Gasteiger partial charge in [-0.15, -0.1) is 0 Å². The van der Waals surface area contributed by atoms with E-state index >= 15 is 0 Å². The fourth-order valence-electron chi connectivity index (χ4n) is 2.89. The van der Waals surface area contributed by atoms with Crippen LogP contribution in [0.1, 0.15) is 18.1 Å². The van der Waals surface area contributed by atoms with Crippen LogP contribution in [-0.4, -0.2) is 41.1 Å². The van der Waals surface area contributed by atoms with Gasteiger partial charge in [0, 0.05) is 5.56 Å². The van der Waals surface area contributed by atoms with Crippen molar-refractivity contribution in [1.29, 1.82) is 0 Å². The number of nitrogens with one attached hydrogen (secondary N) is 1. The van der Waals surface area contributed by atoms with Gasteiger partial charge in [0.1, 0.15) is 11.5 Å². The third-order valence-corrected chi connectivity index (χ3v) is 4.51. The molecule has 8 nitrogen and oxygen atoms in total. The summed E-state index contributed by atoms with van der Waals surface area (Å²) >= 11 is 6.21. The van der Waals surface area contributed by atoms with Crippen LogP contribution >= 0.6 is 11.6 Å². The first-order chi connectivity index (χ1) is 14.8. The Kier molecular flexibility index (Phi) is 6.76. The maximum absolute atomic E-state index is 13.9. The standard InChI is InChI=1S/C21H18ClFN2O6/c1-2-30-17-9-12(7-14(22)19(17)31-11-18(26)27)8-16-20(28)25(21(29)24-16)10-13-5-3-4-6-15(13)23/h3-9H,2,10-11H2,1H3,(H,24,29)(H,26,27)/b16-8+. The number of aliphatic carboxylic acids is 1. The summed E-state index contributed by atoms with van der Waals surface area (Å²) in [5, 5.41) is 11.3. The van der Waals surface area contributed by atoms with E-state index in [4.69, 9.17) is 26.2 Å². The summed E-state index contributed by atoms with van der Waals surface area (Å²) in [6.07, 6.45) is 1.39. The Labute approximate surface area is 181 Å². The number of urea groups is 1. The lowest BCUT2D eigenvalue weighted by Crippen LogP contribution is -2.30. The van der Waals surface area contributed by atoms with E-state index < -0.39 is 30.3 Å². The number of carboxylic acid groups (broad SMARTS) is 1. The summed E-state index contributed by atoms with van der Waals surface area (Å²) in [5.74, 6) is -2.10. The van der Waals surface area contributed by atoms with Crippen molar-refractivity contribution < 1.29 is 33.4 Å². The van der Waals surface area contributed by atoms with E-state index in [0.29, 0.717) is 5.56 Å². The predicted molar refractivity (Wildman–Crippen MR) is 109 cm³/mol. The van der Waals surface area contributed by atoms with Crippen LogP contribution in [0.4, 0.5) is 9.18 Å². The molecular formula is C21H18ClFN2O6. The highest BCUT2D eigenvalue weighted by atomic mass is 35.5. The molecule has 2 aromatic rings. The van der Waals surface area contributed by atoms with Gasteiger partial charge < -0.3 is 19.9 Å². The summed E-state index contributed by atoms with van der Waals surface area (Å²) in [4.78, 5) is 36.6. The summed E-state index contributed by atoms with van der Waals surface area (Å²) in [6.45, 7) is 1.15. The fourth-order valence-corrected chi connectivity index (χ4v) is 3.16. The van der Waals surface area contributed by atoms with Crippen molar-refractivity contribution in [2.45, 2.75) is 13.5 Å². The first-order valence-corrected chi connectivity index (χ1v) is 9.56. The van der Waals surface area contributed by atoms with Crippen LogP contribution < -0.4 is 14.8 Å². The molecule has 0 saturated carbocycles. The number of carbonyl (C=O) groups excluding carboxylic acids is 2. The van der Waals surface area contributed by atoms with Crippen molar-refractivity contribution in [3.8, 4) is 11.5 Å². The molecule has 3 amide bonds. The number of hydrogen-bond acceptors (Lipinski definition) is 5. The molecule has 1 aliphatic heterocycles. The Morgan fingerprint density at radius 1 is 1.26 bits per heavy atom. The van der Waals surface area contributed by atoms with Gasteiger partial charge in [0.05, 0.1) is 18.2 Å². The fraction of sp³-hybridized carbons (Fsp3) is 0.190. The number of nitrogens with zero attached hydrogens (tertiary/aromatic N) is 1. The number of rotatable bonds is 8. The summed E-state index contributed by atoms with van der Waals surface area (Å²) in [5.41, 5.74) is 0.584. The summed E-state index contributed by atoms with van der Waals surface area (Å²) in [7, 11) is 0. The first kappa shape index (κ1) is 22.1. The van der Waals surface area contributed by atoms with Crippen molar-refractivity contribution in [2.24, 2.45) is 0 Å². The Morgan fingerprint density at radius 2 is 2.00 bits per heavy atom. The van der Waals surface area contributed by atoms with Crippen LogP contribution in [0.3, 0.4) is 0 Å². The second-order valence-corrected chi connectivity index (χ2v) is 6.82. The van der Waals surface area contributed by atoms with Crippen LogP contribution in [0, 0.1) is 5.82 Å². The highest BCUT2D eigenvalue weighted by Crippen LogP contribution is 2.37. The molecule has 0 bridgehead atoms. The second kappa shape index (κ2) is 9.48. The van der Waals surface area contributed by atoms with E-state index in [1.165, 1.54) is 36.4 Å². The maximum atomic E-state index is 13.9. The lowest BCUT2D eigenvalue weighted by atomic mass is 10.1. The first-order valence-electron chi connectivity index (χ1n) is 9.19. The highest BCUT2D eigenvalue weighted by Gasteiger charge is 2.34. The summed E-state index contributed by atoms with van der Waals surface area (Å²) < 4.78 is 24.5. The lowest BCUT2D eigenvalue weighted by Gasteiger charge is -2.13. The van der Waals surface area contributed by atoms with Crippen LogP contribution in [0.25, 0.3) is 6.08 Å². The van der Waals surface area contributed by atoms with Crippen molar-refractivity contribution in [3.05, 3.63) is 64.1 Å². The molecule has 2 N–H and O–H groups in total. The van der Waals surface area contributed by atoms with Crippen molar-refractivity contribution >= 4 is 35.6 Å². The number of halogens is 2. The topological polar surface area (TPSA) is 105 Å².